The Morgan fingerprint density at radius 3 is 2.61 bits per heavy atom. The number of pyridine rings is 1. The van der Waals surface area contributed by atoms with Crippen LogP contribution in [-0.4, -0.2) is 13.4 Å². The molecule has 0 saturated heterocycles. The third kappa shape index (κ3) is 2.98. The van der Waals surface area contributed by atoms with Gasteiger partial charge in [-0.25, -0.2) is 18.5 Å². The van der Waals surface area contributed by atoms with Gasteiger partial charge in [-0.15, -0.1) is 0 Å². The molecule has 0 spiro atoms. The zero-order valence-corrected chi connectivity index (χ0v) is 10.6. The largest absolute Gasteiger partial charge is 0.439 e. The molecular weight excluding hydrogens is 276 g/mol. The molecule has 0 aliphatic carbocycles. The van der Waals surface area contributed by atoms with E-state index in [-0.39, 0.29) is 9.92 Å². The summed E-state index contributed by atoms with van der Waals surface area (Å²) in [5.74, 6) is 0.641. The lowest BCUT2D eigenvalue weighted by molar-refractivity contribution is 0.461. The summed E-state index contributed by atoms with van der Waals surface area (Å²) < 4.78 is 27.9. The fraction of sp³-hybridized carbons (Fsp3) is 0. The van der Waals surface area contributed by atoms with E-state index in [0.29, 0.717) is 11.6 Å². The van der Waals surface area contributed by atoms with Gasteiger partial charge in [-0.05, 0) is 18.2 Å². The average Bonchev–Trinajstić information content (AvgIpc) is 2.31. The Bertz CT molecular complexity index is 659. The molecule has 0 saturated carbocycles. The van der Waals surface area contributed by atoms with Crippen molar-refractivity contribution in [1.82, 2.24) is 4.98 Å². The molecule has 2 N–H and O–H groups in total. The predicted octanol–water partition coefficient (Wildman–Crippen LogP) is 2.17. The number of sulfonamides is 1. The topological polar surface area (TPSA) is 82.3 Å². The first kappa shape index (κ1) is 12.8. The van der Waals surface area contributed by atoms with Gasteiger partial charge in [0.25, 0.3) is 0 Å². The molecule has 2 rings (SSSR count). The van der Waals surface area contributed by atoms with Crippen LogP contribution >= 0.6 is 11.6 Å². The molecule has 1 aromatic carbocycles. The van der Waals surface area contributed by atoms with Crippen LogP contribution in [0.3, 0.4) is 0 Å². The van der Waals surface area contributed by atoms with E-state index >= 15 is 0 Å². The molecule has 1 aromatic heterocycles. The van der Waals surface area contributed by atoms with Crippen LogP contribution in [0.4, 0.5) is 0 Å². The van der Waals surface area contributed by atoms with Gasteiger partial charge in [0.15, 0.2) is 0 Å². The number of primary sulfonamides is 1. The second-order valence-corrected chi connectivity index (χ2v) is 5.34. The average molecular weight is 285 g/mol. The predicted molar refractivity (Wildman–Crippen MR) is 67.1 cm³/mol. The van der Waals surface area contributed by atoms with Crippen molar-refractivity contribution in [1.29, 1.82) is 0 Å². The van der Waals surface area contributed by atoms with E-state index in [2.05, 4.69) is 4.98 Å². The standard InChI is InChI=1S/C11H9ClN2O3S/c12-9-5-4-8(7-10(9)18(13,15)16)17-11-3-1-2-6-14-11/h1-7H,(H2,13,15,16). The maximum atomic E-state index is 11.3. The first-order chi connectivity index (χ1) is 8.47. The van der Waals surface area contributed by atoms with Crippen LogP contribution < -0.4 is 9.88 Å². The number of aromatic nitrogens is 1. The molecule has 0 atom stereocenters. The van der Waals surface area contributed by atoms with E-state index in [1.165, 1.54) is 18.2 Å². The minimum atomic E-state index is -3.88. The number of halogens is 1. The molecule has 0 aliphatic heterocycles. The Labute approximate surface area is 109 Å². The Morgan fingerprint density at radius 2 is 2.00 bits per heavy atom. The summed E-state index contributed by atoms with van der Waals surface area (Å²) in [6.07, 6.45) is 1.56. The zero-order chi connectivity index (χ0) is 13.2. The molecule has 0 unspecified atom stereocenters. The first-order valence-corrected chi connectivity index (χ1v) is 6.80. The number of benzene rings is 1. The fourth-order valence-electron chi connectivity index (χ4n) is 1.29. The SMILES string of the molecule is NS(=O)(=O)c1cc(Oc2ccccn2)ccc1Cl. The van der Waals surface area contributed by atoms with Gasteiger partial charge < -0.3 is 4.74 Å². The van der Waals surface area contributed by atoms with Gasteiger partial charge in [0, 0.05) is 18.3 Å². The van der Waals surface area contributed by atoms with Crippen molar-refractivity contribution in [3.05, 3.63) is 47.6 Å². The highest BCUT2D eigenvalue weighted by molar-refractivity contribution is 7.89. The summed E-state index contributed by atoms with van der Waals surface area (Å²) in [6, 6.07) is 9.33. The van der Waals surface area contributed by atoms with Crippen molar-refractivity contribution in [3.63, 3.8) is 0 Å². The fourth-order valence-corrected chi connectivity index (χ4v) is 2.35. The molecule has 0 amide bonds. The summed E-state index contributed by atoms with van der Waals surface area (Å²) in [5.41, 5.74) is 0. The maximum Gasteiger partial charge on any atom is 0.239 e. The summed E-state index contributed by atoms with van der Waals surface area (Å²) >= 11 is 5.75. The van der Waals surface area contributed by atoms with E-state index in [1.54, 1.807) is 24.4 Å². The van der Waals surface area contributed by atoms with Crippen molar-refractivity contribution in [2.45, 2.75) is 4.90 Å². The van der Waals surface area contributed by atoms with Gasteiger partial charge >= 0.3 is 0 Å². The number of nitrogens with zero attached hydrogens (tertiary/aromatic N) is 1. The summed E-state index contributed by atoms with van der Waals surface area (Å²) in [5, 5.41) is 5.08. The first-order valence-electron chi connectivity index (χ1n) is 4.88. The molecule has 7 heteroatoms. The van der Waals surface area contributed by atoms with Crippen LogP contribution in [0.5, 0.6) is 11.6 Å². The van der Waals surface area contributed by atoms with Crippen LogP contribution in [0, 0.1) is 0 Å². The van der Waals surface area contributed by atoms with E-state index in [9.17, 15) is 8.42 Å². The van der Waals surface area contributed by atoms with Crippen LogP contribution in [0.25, 0.3) is 0 Å². The number of rotatable bonds is 3. The van der Waals surface area contributed by atoms with Crippen LogP contribution in [0.2, 0.25) is 5.02 Å². The summed E-state index contributed by atoms with van der Waals surface area (Å²) in [7, 11) is -3.88. The van der Waals surface area contributed by atoms with Crippen molar-refractivity contribution >= 4 is 21.6 Å². The Kier molecular flexibility index (Phi) is 3.51. The summed E-state index contributed by atoms with van der Waals surface area (Å²) in [6.45, 7) is 0. The molecule has 0 radical (unpaired) electrons. The van der Waals surface area contributed by atoms with E-state index in [0.717, 1.165) is 0 Å². The third-order valence-corrected chi connectivity index (χ3v) is 3.46. The smallest absolute Gasteiger partial charge is 0.239 e. The van der Waals surface area contributed by atoms with Crippen LogP contribution in [-0.2, 0) is 10.0 Å². The quantitative estimate of drug-likeness (QED) is 0.936. The van der Waals surface area contributed by atoms with Gasteiger partial charge in [-0.2, -0.15) is 0 Å². The molecule has 0 fully saturated rings. The minimum Gasteiger partial charge on any atom is -0.439 e. The Morgan fingerprint density at radius 1 is 1.22 bits per heavy atom. The number of hydrogen-bond donors (Lipinski definition) is 1. The molecular formula is C11H9ClN2O3S. The molecule has 2 aromatic rings. The van der Waals surface area contributed by atoms with Gasteiger partial charge in [0.2, 0.25) is 15.9 Å². The molecule has 5 nitrogen and oxygen atoms in total. The summed E-state index contributed by atoms with van der Waals surface area (Å²) in [4.78, 5) is 3.77. The minimum absolute atomic E-state index is 0.0471. The Balaban J connectivity index is 2.37. The lowest BCUT2D eigenvalue weighted by Gasteiger charge is -2.07. The lowest BCUT2D eigenvalue weighted by Crippen LogP contribution is -2.12. The third-order valence-electron chi connectivity index (χ3n) is 2.07. The number of ether oxygens (including phenoxy) is 1. The van der Waals surface area contributed by atoms with Gasteiger partial charge in [0.1, 0.15) is 10.6 Å². The van der Waals surface area contributed by atoms with Gasteiger partial charge in [-0.3, -0.25) is 0 Å². The Hall–Kier alpha value is -1.63. The second-order valence-electron chi connectivity index (χ2n) is 3.41. The molecule has 18 heavy (non-hydrogen) atoms. The monoisotopic (exact) mass is 284 g/mol. The van der Waals surface area contributed by atoms with Crippen LogP contribution in [0.1, 0.15) is 0 Å². The van der Waals surface area contributed by atoms with E-state index < -0.39 is 10.0 Å². The highest BCUT2D eigenvalue weighted by Crippen LogP contribution is 2.27. The highest BCUT2D eigenvalue weighted by Gasteiger charge is 2.14. The number of hydrogen-bond acceptors (Lipinski definition) is 4. The molecule has 1 heterocycles. The van der Waals surface area contributed by atoms with E-state index in [1.807, 2.05) is 0 Å². The van der Waals surface area contributed by atoms with Crippen molar-refractivity contribution in [2.24, 2.45) is 5.14 Å². The normalized spacial score (nSPS) is 11.2. The van der Waals surface area contributed by atoms with Crippen molar-refractivity contribution in [3.8, 4) is 11.6 Å². The van der Waals surface area contributed by atoms with Gasteiger partial charge in [0.05, 0.1) is 5.02 Å². The second kappa shape index (κ2) is 4.93. The lowest BCUT2D eigenvalue weighted by atomic mass is 10.3. The van der Waals surface area contributed by atoms with E-state index in [4.69, 9.17) is 21.5 Å². The van der Waals surface area contributed by atoms with Crippen LogP contribution in [0.15, 0.2) is 47.5 Å². The maximum absolute atomic E-state index is 11.3. The van der Waals surface area contributed by atoms with Gasteiger partial charge in [-0.1, -0.05) is 17.7 Å². The van der Waals surface area contributed by atoms with Crippen molar-refractivity contribution in [2.75, 3.05) is 0 Å². The highest BCUT2D eigenvalue weighted by atomic mass is 35.5. The number of nitrogens with two attached hydrogens (primary N) is 1. The molecule has 94 valence electrons. The molecule has 0 aliphatic rings. The molecule has 0 bridgehead atoms. The van der Waals surface area contributed by atoms with Crippen molar-refractivity contribution < 1.29 is 13.2 Å². The zero-order valence-electron chi connectivity index (χ0n) is 9.08.